The van der Waals surface area contributed by atoms with Gasteiger partial charge in [-0.1, -0.05) is 18.2 Å². The predicted molar refractivity (Wildman–Crippen MR) is 70.6 cm³/mol. The van der Waals surface area contributed by atoms with Crippen molar-refractivity contribution < 1.29 is 9.53 Å². The van der Waals surface area contributed by atoms with Crippen molar-refractivity contribution in [1.29, 1.82) is 0 Å². The number of unbranched alkanes of at least 4 members (excludes halogenated alkanes) is 1. The molecule has 3 N–H and O–H groups in total. The molecule has 1 atom stereocenters. The summed E-state index contributed by atoms with van der Waals surface area (Å²) in [5.41, 5.74) is 6.38. The van der Waals surface area contributed by atoms with Crippen LogP contribution < -0.4 is 15.8 Å². The Labute approximate surface area is 108 Å². The van der Waals surface area contributed by atoms with E-state index in [0.29, 0.717) is 12.3 Å². The van der Waals surface area contributed by atoms with E-state index in [2.05, 4.69) is 11.4 Å². The Kier molecular flexibility index (Phi) is 4.59. The van der Waals surface area contributed by atoms with Crippen molar-refractivity contribution in [3.63, 3.8) is 0 Å². The van der Waals surface area contributed by atoms with Crippen molar-refractivity contribution in [2.24, 2.45) is 5.73 Å². The van der Waals surface area contributed by atoms with Crippen LogP contribution in [-0.4, -0.2) is 25.6 Å². The van der Waals surface area contributed by atoms with Crippen LogP contribution in [0.25, 0.3) is 0 Å². The van der Waals surface area contributed by atoms with Gasteiger partial charge in [-0.3, -0.25) is 4.79 Å². The predicted octanol–water partition coefficient (Wildman–Crippen LogP) is 1.41. The summed E-state index contributed by atoms with van der Waals surface area (Å²) in [7, 11) is 0. The molecule has 0 saturated carbocycles. The second-order valence-corrected chi connectivity index (χ2v) is 4.67. The zero-order valence-corrected chi connectivity index (χ0v) is 10.5. The number of carbonyl (C=O) groups excluding carboxylic acids is 1. The van der Waals surface area contributed by atoms with E-state index in [9.17, 15) is 4.79 Å². The van der Waals surface area contributed by atoms with Crippen LogP contribution in [0.1, 0.15) is 30.7 Å². The van der Waals surface area contributed by atoms with E-state index < -0.39 is 0 Å². The third-order valence-corrected chi connectivity index (χ3v) is 3.22. The average Bonchev–Trinajstić information content (AvgIpc) is 2.77. The van der Waals surface area contributed by atoms with Gasteiger partial charge < -0.3 is 15.8 Å². The summed E-state index contributed by atoms with van der Waals surface area (Å²) in [5, 5.41) is 3.41. The van der Waals surface area contributed by atoms with Gasteiger partial charge in [-0.2, -0.15) is 0 Å². The molecule has 98 valence electrons. The monoisotopic (exact) mass is 248 g/mol. The Morgan fingerprint density at radius 2 is 2.22 bits per heavy atom. The Balaban J connectivity index is 1.65. The van der Waals surface area contributed by atoms with Crippen LogP contribution in [-0.2, 0) is 4.79 Å². The molecule has 1 amide bonds. The maximum absolute atomic E-state index is 10.6. The Hall–Kier alpha value is -1.55. The molecule has 2 rings (SSSR count). The molecule has 4 heteroatoms. The van der Waals surface area contributed by atoms with Crippen LogP contribution in [0.2, 0.25) is 0 Å². The fourth-order valence-electron chi connectivity index (χ4n) is 2.22. The molecule has 1 aliphatic rings. The highest BCUT2D eigenvalue weighted by Gasteiger charge is 2.22. The number of rotatable bonds is 7. The second-order valence-electron chi connectivity index (χ2n) is 4.67. The number of nitrogens with two attached hydrogens (primary N) is 1. The number of fused-ring (bicyclic) bond motifs is 1. The maximum atomic E-state index is 10.6. The molecule has 0 fully saturated rings. The number of primary amides is 1. The van der Waals surface area contributed by atoms with Crippen molar-refractivity contribution >= 4 is 5.91 Å². The fraction of sp³-hybridized carbons (Fsp3) is 0.500. The fourth-order valence-corrected chi connectivity index (χ4v) is 2.22. The minimum atomic E-state index is -0.215. The van der Waals surface area contributed by atoms with Crippen LogP contribution >= 0.6 is 0 Å². The average molecular weight is 248 g/mol. The highest BCUT2D eigenvalue weighted by atomic mass is 16.5. The van der Waals surface area contributed by atoms with Crippen LogP contribution in [0.3, 0.4) is 0 Å². The molecule has 1 unspecified atom stereocenters. The topological polar surface area (TPSA) is 64.4 Å². The molecule has 1 heterocycles. The molecule has 1 aliphatic heterocycles. The van der Waals surface area contributed by atoms with Crippen LogP contribution in [0.4, 0.5) is 0 Å². The van der Waals surface area contributed by atoms with Gasteiger partial charge in [-0.05, 0) is 25.5 Å². The van der Waals surface area contributed by atoms with Gasteiger partial charge in [-0.25, -0.2) is 0 Å². The van der Waals surface area contributed by atoms with Gasteiger partial charge in [0.2, 0.25) is 5.91 Å². The summed E-state index contributed by atoms with van der Waals surface area (Å²) in [5.74, 6) is 1.24. The summed E-state index contributed by atoms with van der Waals surface area (Å²) < 4.78 is 5.62. The van der Waals surface area contributed by atoms with E-state index in [1.807, 2.05) is 18.2 Å². The molecule has 18 heavy (non-hydrogen) atoms. The number of para-hydroxylation sites is 1. The number of carbonyl (C=O) groups is 1. The standard InChI is InChI=1S/C14H20N2O2/c15-14(17)7-3-4-8-16-9-11-10-18-13-6-2-1-5-12(11)13/h1-2,5-6,11,16H,3-4,7-10H2,(H2,15,17). The third-order valence-electron chi connectivity index (χ3n) is 3.22. The zero-order valence-electron chi connectivity index (χ0n) is 10.5. The van der Waals surface area contributed by atoms with Crippen LogP contribution in [0.15, 0.2) is 24.3 Å². The first-order valence-corrected chi connectivity index (χ1v) is 6.48. The molecular weight excluding hydrogens is 228 g/mol. The first-order chi connectivity index (χ1) is 8.77. The van der Waals surface area contributed by atoms with Crippen molar-refractivity contribution in [2.45, 2.75) is 25.2 Å². The largest absolute Gasteiger partial charge is 0.493 e. The van der Waals surface area contributed by atoms with Gasteiger partial charge in [0.1, 0.15) is 5.75 Å². The summed E-state index contributed by atoms with van der Waals surface area (Å²) in [4.78, 5) is 10.6. The first kappa shape index (κ1) is 12.9. The van der Waals surface area contributed by atoms with Gasteiger partial charge in [0.05, 0.1) is 6.61 Å². The van der Waals surface area contributed by atoms with Gasteiger partial charge in [0.15, 0.2) is 0 Å². The van der Waals surface area contributed by atoms with E-state index in [1.54, 1.807) is 0 Å². The minimum Gasteiger partial charge on any atom is -0.493 e. The zero-order chi connectivity index (χ0) is 12.8. The molecule has 4 nitrogen and oxygen atoms in total. The molecule has 1 aromatic carbocycles. The number of ether oxygens (including phenoxy) is 1. The highest BCUT2D eigenvalue weighted by molar-refractivity contribution is 5.73. The summed E-state index contributed by atoms with van der Waals surface area (Å²) in [6.45, 7) is 2.60. The number of hydrogen-bond acceptors (Lipinski definition) is 3. The van der Waals surface area contributed by atoms with E-state index in [-0.39, 0.29) is 5.91 Å². The molecule has 0 aliphatic carbocycles. The second kappa shape index (κ2) is 6.40. The first-order valence-electron chi connectivity index (χ1n) is 6.48. The molecule has 0 spiro atoms. The highest BCUT2D eigenvalue weighted by Crippen LogP contribution is 2.32. The summed E-state index contributed by atoms with van der Waals surface area (Å²) >= 11 is 0. The SMILES string of the molecule is NC(=O)CCCCNCC1COc2ccccc21. The Morgan fingerprint density at radius 1 is 1.39 bits per heavy atom. The Morgan fingerprint density at radius 3 is 3.06 bits per heavy atom. The van der Waals surface area contributed by atoms with E-state index in [1.165, 1.54) is 5.56 Å². The van der Waals surface area contributed by atoms with E-state index >= 15 is 0 Å². The summed E-state index contributed by atoms with van der Waals surface area (Å²) in [6.07, 6.45) is 2.33. The Bertz CT molecular complexity index is 407. The van der Waals surface area contributed by atoms with E-state index in [4.69, 9.17) is 10.5 Å². The van der Waals surface area contributed by atoms with Crippen molar-refractivity contribution in [3.8, 4) is 5.75 Å². The van der Waals surface area contributed by atoms with E-state index in [0.717, 1.165) is 38.3 Å². The third kappa shape index (κ3) is 3.47. The van der Waals surface area contributed by atoms with Gasteiger partial charge >= 0.3 is 0 Å². The number of nitrogens with one attached hydrogen (secondary N) is 1. The number of amides is 1. The molecule has 0 bridgehead atoms. The lowest BCUT2D eigenvalue weighted by Crippen LogP contribution is -2.23. The molecular formula is C14H20N2O2. The normalized spacial score (nSPS) is 17.2. The lowest BCUT2D eigenvalue weighted by Gasteiger charge is -2.10. The lowest BCUT2D eigenvalue weighted by atomic mass is 10.0. The maximum Gasteiger partial charge on any atom is 0.217 e. The lowest BCUT2D eigenvalue weighted by molar-refractivity contribution is -0.118. The number of benzene rings is 1. The van der Waals surface area contributed by atoms with Gasteiger partial charge in [0.25, 0.3) is 0 Å². The van der Waals surface area contributed by atoms with Crippen LogP contribution in [0.5, 0.6) is 5.75 Å². The van der Waals surface area contributed by atoms with Crippen molar-refractivity contribution in [1.82, 2.24) is 5.32 Å². The summed E-state index contributed by atoms with van der Waals surface area (Å²) in [6, 6.07) is 8.19. The minimum absolute atomic E-state index is 0.215. The number of hydrogen-bond donors (Lipinski definition) is 2. The quantitative estimate of drug-likeness (QED) is 0.717. The van der Waals surface area contributed by atoms with Crippen molar-refractivity contribution in [3.05, 3.63) is 29.8 Å². The van der Waals surface area contributed by atoms with Gasteiger partial charge in [0, 0.05) is 24.4 Å². The molecule has 0 saturated heterocycles. The van der Waals surface area contributed by atoms with Crippen molar-refractivity contribution in [2.75, 3.05) is 19.7 Å². The smallest absolute Gasteiger partial charge is 0.217 e. The molecule has 1 aromatic rings. The molecule has 0 aromatic heterocycles. The van der Waals surface area contributed by atoms with Gasteiger partial charge in [-0.15, -0.1) is 0 Å². The van der Waals surface area contributed by atoms with Crippen LogP contribution in [0, 0.1) is 0 Å². The molecule has 0 radical (unpaired) electrons.